The summed E-state index contributed by atoms with van der Waals surface area (Å²) >= 11 is 18.4. The molecule has 0 aliphatic carbocycles. The van der Waals surface area contributed by atoms with Crippen LogP contribution in [0.1, 0.15) is 18.2 Å². The molecular formula is C19H15Cl3N4O2. The van der Waals surface area contributed by atoms with E-state index < -0.39 is 0 Å². The Morgan fingerprint density at radius 2 is 1.86 bits per heavy atom. The van der Waals surface area contributed by atoms with Crippen LogP contribution in [0.25, 0.3) is 5.69 Å². The van der Waals surface area contributed by atoms with E-state index in [1.165, 1.54) is 30.0 Å². The van der Waals surface area contributed by atoms with E-state index in [0.717, 1.165) is 0 Å². The number of carbonyl (C=O) groups is 1. The smallest absolute Gasteiger partial charge is 0.280 e. The van der Waals surface area contributed by atoms with Crippen molar-refractivity contribution in [1.29, 1.82) is 0 Å². The van der Waals surface area contributed by atoms with Gasteiger partial charge >= 0.3 is 0 Å². The minimum atomic E-state index is -0.356. The van der Waals surface area contributed by atoms with Crippen LogP contribution in [0.5, 0.6) is 0 Å². The third-order valence-electron chi connectivity index (χ3n) is 3.83. The number of aromatic amines is 1. The second kappa shape index (κ2) is 8.22. The average molecular weight is 438 g/mol. The molecule has 2 aromatic carbocycles. The fourth-order valence-corrected chi connectivity index (χ4v) is 3.61. The van der Waals surface area contributed by atoms with Gasteiger partial charge < -0.3 is 5.32 Å². The normalized spacial score (nSPS) is 11.2. The zero-order valence-corrected chi connectivity index (χ0v) is 17.2. The molecule has 144 valence electrons. The molecule has 0 aliphatic rings. The van der Waals surface area contributed by atoms with Crippen molar-refractivity contribution in [3.8, 4) is 5.69 Å². The number of hydrogen-bond donors (Lipinski definition) is 2. The fourth-order valence-electron chi connectivity index (χ4n) is 2.62. The van der Waals surface area contributed by atoms with Crippen LogP contribution in [-0.4, -0.2) is 21.9 Å². The Bertz CT molecular complexity index is 1130. The van der Waals surface area contributed by atoms with Gasteiger partial charge in [-0.05, 0) is 37.3 Å². The Hall–Kier alpha value is -2.54. The summed E-state index contributed by atoms with van der Waals surface area (Å²) in [5, 5.41) is 6.49. The first-order chi connectivity index (χ1) is 13.3. The summed E-state index contributed by atoms with van der Waals surface area (Å²) < 4.78 is 1.26. The van der Waals surface area contributed by atoms with E-state index in [2.05, 4.69) is 15.4 Å². The molecule has 1 heterocycles. The maximum atomic E-state index is 12.8. The number of aliphatic imine (C=N–C) groups is 1. The number of amides is 1. The quantitative estimate of drug-likeness (QED) is 0.554. The molecule has 0 aliphatic heterocycles. The molecule has 0 bridgehead atoms. The summed E-state index contributed by atoms with van der Waals surface area (Å²) in [7, 11) is 0. The van der Waals surface area contributed by atoms with Crippen LogP contribution >= 0.6 is 34.8 Å². The molecule has 3 rings (SSSR count). The molecule has 1 aromatic heterocycles. The molecule has 0 radical (unpaired) electrons. The van der Waals surface area contributed by atoms with Crippen LogP contribution in [0.3, 0.4) is 0 Å². The van der Waals surface area contributed by atoms with Crippen molar-refractivity contribution in [2.45, 2.75) is 13.8 Å². The largest absolute Gasteiger partial charge is 0.326 e. The molecule has 6 nitrogen and oxygen atoms in total. The third-order valence-corrected chi connectivity index (χ3v) is 4.63. The van der Waals surface area contributed by atoms with Crippen LogP contribution < -0.4 is 10.9 Å². The molecule has 1 amide bonds. The van der Waals surface area contributed by atoms with Gasteiger partial charge in [-0.3, -0.25) is 19.7 Å². The van der Waals surface area contributed by atoms with Gasteiger partial charge in [-0.25, -0.2) is 4.68 Å². The molecule has 0 unspecified atom stereocenters. The Morgan fingerprint density at radius 3 is 2.50 bits per heavy atom. The standard InChI is InChI=1S/C19H15Cl3N4O2/c1-10-15(9-23-13-4-3-5-14(8-13)24-11(2)27)19(28)26(25-10)18-16(21)6-12(20)7-17(18)22/h3-9,25H,1-2H3,(H,24,27). The lowest BCUT2D eigenvalue weighted by Crippen LogP contribution is -2.18. The van der Waals surface area contributed by atoms with Gasteiger partial charge in [0.1, 0.15) is 5.69 Å². The molecule has 9 heteroatoms. The number of carbonyl (C=O) groups excluding carboxylic acids is 1. The Labute approximate surface area is 175 Å². The molecule has 3 aromatic rings. The summed E-state index contributed by atoms with van der Waals surface area (Å²) in [4.78, 5) is 28.4. The number of aryl methyl sites for hydroxylation is 1. The highest BCUT2D eigenvalue weighted by atomic mass is 35.5. The highest BCUT2D eigenvalue weighted by molar-refractivity contribution is 6.40. The number of rotatable bonds is 4. The Kier molecular flexibility index (Phi) is 5.93. The number of benzene rings is 2. The van der Waals surface area contributed by atoms with Gasteiger partial charge in [-0.1, -0.05) is 40.9 Å². The van der Waals surface area contributed by atoms with Crippen molar-refractivity contribution in [2.24, 2.45) is 4.99 Å². The number of hydrogen-bond acceptors (Lipinski definition) is 3. The monoisotopic (exact) mass is 436 g/mol. The topological polar surface area (TPSA) is 79.2 Å². The first-order valence-corrected chi connectivity index (χ1v) is 9.28. The number of halogens is 3. The maximum absolute atomic E-state index is 12.8. The highest BCUT2D eigenvalue weighted by Gasteiger charge is 2.16. The van der Waals surface area contributed by atoms with E-state index in [0.29, 0.717) is 33.3 Å². The maximum Gasteiger partial charge on any atom is 0.280 e. The van der Waals surface area contributed by atoms with Crippen molar-refractivity contribution in [3.63, 3.8) is 0 Å². The predicted octanol–water partition coefficient (Wildman–Crippen LogP) is 5.14. The summed E-state index contributed by atoms with van der Waals surface area (Å²) in [6.07, 6.45) is 1.45. The first kappa shape index (κ1) is 20.2. The van der Waals surface area contributed by atoms with Crippen molar-refractivity contribution in [1.82, 2.24) is 9.78 Å². The van der Waals surface area contributed by atoms with E-state index in [1.807, 2.05) is 0 Å². The van der Waals surface area contributed by atoms with Crippen molar-refractivity contribution in [3.05, 3.63) is 73.1 Å². The predicted molar refractivity (Wildman–Crippen MR) is 114 cm³/mol. The summed E-state index contributed by atoms with van der Waals surface area (Å²) in [6, 6.07) is 9.98. The van der Waals surface area contributed by atoms with Gasteiger partial charge in [0.25, 0.3) is 5.56 Å². The van der Waals surface area contributed by atoms with Crippen molar-refractivity contribution >= 4 is 58.3 Å². The number of nitrogens with zero attached hydrogens (tertiary/aromatic N) is 2. The van der Waals surface area contributed by atoms with E-state index in [-0.39, 0.29) is 21.5 Å². The van der Waals surface area contributed by atoms with Gasteiger partial charge in [0.15, 0.2) is 0 Å². The van der Waals surface area contributed by atoms with Crippen LogP contribution in [0.2, 0.25) is 15.1 Å². The fraction of sp³-hybridized carbons (Fsp3) is 0.105. The summed E-state index contributed by atoms with van der Waals surface area (Å²) in [5.74, 6) is -0.179. The van der Waals surface area contributed by atoms with Gasteiger partial charge in [0.2, 0.25) is 5.91 Å². The summed E-state index contributed by atoms with van der Waals surface area (Å²) in [6.45, 7) is 3.17. The molecule has 0 saturated carbocycles. The van der Waals surface area contributed by atoms with Gasteiger partial charge in [0.05, 0.1) is 21.3 Å². The second-order valence-electron chi connectivity index (χ2n) is 6.00. The number of aromatic nitrogens is 2. The average Bonchev–Trinajstić information content (AvgIpc) is 2.86. The molecule has 28 heavy (non-hydrogen) atoms. The van der Waals surface area contributed by atoms with Gasteiger partial charge in [0, 0.05) is 29.5 Å². The SMILES string of the molecule is CC(=O)Nc1cccc(N=Cc2c(C)[nH]n(-c3c(Cl)cc(Cl)cc3Cl)c2=O)c1. The molecule has 0 spiro atoms. The van der Waals surface area contributed by atoms with Gasteiger partial charge in [-0.15, -0.1) is 0 Å². The van der Waals surface area contributed by atoms with Gasteiger partial charge in [-0.2, -0.15) is 0 Å². The van der Waals surface area contributed by atoms with Crippen molar-refractivity contribution in [2.75, 3.05) is 5.32 Å². The second-order valence-corrected chi connectivity index (χ2v) is 7.25. The lowest BCUT2D eigenvalue weighted by Gasteiger charge is -2.07. The third kappa shape index (κ3) is 4.30. The lowest BCUT2D eigenvalue weighted by atomic mass is 10.2. The molecular weight excluding hydrogens is 423 g/mol. The molecule has 0 atom stereocenters. The van der Waals surface area contributed by atoms with Crippen LogP contribution in [0, 0.1) is 6.92 Å². The Balaban J connectivity index is 1.99. The van der Waals surface area contributed by atoms with Crippen molar-refractivity contribution < 1.29 is 4.79 Å². The Morgan fingerprint density at radius 1 is 1.18 bits per heavy atom. The lowest BCUT2D eigenvalue weighted by molar-refractivity contribution is -0.114. The minimum Gasteiger partial charge on any atom is -0.326 e. The summed E-state index contributed by atoms with van der Waals surface area (Å²) in [5.41, 5.74) is 2.10. The number of H-pyrrole nitrogens is 1. The number of nitrogens with one attached hydrogen (secondary N) is 2. The first-order valence-electron chi connectivity index (χ1n) is 8.14. The molecule has 0 fully saturated rings. The van der Waals surface area contributed by atoms with E-state index in [4.69, 9.17) is 34.8 Å². The molecule has 0 saturated heterocycles. The van der Waals surface area contributed by atoms with Crippen LogP contribution in [0.15, 0.2) is 46.2 Å². The molecule has 2 N–H and O–H groups in total. The zero-order valence-electron chi connectivity index (χ0n) is 14.9. The van der Waals surface area contributed by atoms with E-state index in [9.17, 15) is 9.59 Å². The zero-order chi connectivity index (χ0) is 20.4. The van der Waals surface area contributed by atoms with E-state index >= 15 is 0 Å². The highest BCUT2D eigenvalue weighted by Crippen LogP contribution is 2.31. The minimum absolute atomic E-state index is 0.179. The van der Waals surface area contributed by atoms with Crippen LogP contribution in [-0.2, 0) is 4.79 Å². The van der Waals surface area contributed by atoms with E-state index in [1.54, 1.807) is 31.2 Å². The van der Waals surface area contributed by atoms with Crippen LogP contribution in [0.4, 0.5) is 11.4 Å². The number of anilines is 1.